The molecule has 2 N–H and O–H groups in total. The van der Waals surface area contributed by atoms with Crippen LogP contribution < -0.4 is 10.6 Å². The fourth-order valence-corrected chi connectivity index (χ4v) is 2.28. The summed E-state index contributed by atoms with van der Waals surface area (Å²) in [4.78, 5) is 0. The van der Waals surface area contributed by atoms with Crippen molar-refractivity contribution in [2.45, 2.75) is 50.1 Å². The minimum atomic E-state index is 0.537. The van der Waals surface area contributed by atoms with Crippen LogP contribution >= 0.6 is 0 Å². The molecule has 1 unspecified atom stereocenters. The summed E-state index contributed by atoms with van der Waals surface area (Å²) in [6, 6.07) is 0.800. The molecule has 12 heavy (non-hydrogen) atoms. The van der Waals surface area contributed by atoms with Gasteiger partial charge in [-0.05, 0) is 45.7 Å². The molecule has 1 heterocycles. The van der Waals surface area contributed by atoms with Gasteiger partial charge in [0.2, 0.25) is 0 Å². The summed E-state index contributed by atoms with van der Waals surface area (Å²) in [5.41, 5.74) is 0.537. The topological polar surface area (TPSA) is 24.1 Å². The van der Waals surface area contributed by atoms with Gasteiger partial charge in [0.05, 0.1) is 0 Å². The van der Waals surface area contributed by atoms with Crippen molar-refractivity contribution >= 4 is 0 Å². The highest BCUT2D eigenvalue weighted by Gasteiger charge is 2.42. The van der Waals surface area contributed by atoms with Crippen molar-refractivity contribution in [3.63, 3.8) is 0 Å². The minimum absolute atomic E-state index is 0.537. The van der Waals surface area contributed by atoms with Crippen LogP contribution in [0.5, 0.6) is 0 Å². The van der Waals surface area contributed by atoms with Crippen molar-refractivity contribution in [2.75, 3.05) is 13.6 Å². The molecule has 0 spiro atoms. The number of nitrogens with one attached hydrogen (secondary N) is 2. The molecule has 0 aromatic heterocycles. The van der Waals surface area contributed by atoms with Crippen LogP contribution in [0, 0.1) is 0 Å². The van der Waals surface area contributed by atoms with Crippen molar-refractivity contribution in [3.05, 3.63) is 0 Å². The predicted octanol–water partition coefficient (Wildman–Crippen LogP) is 1.27. The zero-order valence-electron chi connectivity index (χ0n) is 8.03. The second-order valence-electron chi connectivity index (χ2n) is 4.38. The molecule has 2 fully saturated rings. The lowest BCUT2D eigenvalue weighted by Gasteiger charge is -2.27. The molecule has 1 saturated carbocycles. The van der Waals surface area contributed by atoms with Crippen molar-refractivity contribution in [3.8, 4) is 0 Å². The van der Waals surface area contributed by atoms with Gasteiger partial charge in [0.1, 0.15) is 0 Å². The summed E-state index contributed by atoms with van der Waals surface area (Å²) in [5.74, 6) is 0. The molecule has 2 aliphatic rings. The molecular weight excluding hydrogens is 148 g/mol. The van der Waals surface area contributed by atoms with E-state index < -0.39 is 0 Å². The second-order valence-corrected chi connectivity index (χ2v) is 4.38. The first-order valence-corrected chi connectivity index (χ1v) is 5.27. The maximum absolute atomic E-state index is 3.61. The second kappa shape index (κ2) is 3.35. The Morgan fingerprint density at radius 1 is 1.42 bits per heavy atom. The van der Waals surface area contributed by atoms with E-state index in [2.05, 4.69) is 17.7 Å². The fraction of sp³-hybridized carbons (Fsp3) is 1.00. The summed E-state index contributed by atoms with van der Waals surface area (Å²) < 4.78 is 0. The Morgan fingerprint density at radius 2 is 2.25 bits per heavy atom. The first kappa shape index (κ1) is 8.52. The lowest BCUT2D eigenvalue weighted by atomic mass is 9.97. The third-order valence-electron chi connectivity index (χ3n) is 3.43. The van der Waals surface area contributed by atoms with Crippen LogP contribution in [0.4, 0.5) is 0 Å². The Labute approximate surface area is 75.1 Å². The maximum Gasteiger partial charge on any atom is 0.0194 e. The molecule has 2 rings (SSSR count). The van der Waals surface area contributed by atoms with E-state index in [4.69, 9.17) is 0 Å². The lowest BCUT2D eigenvalue weighted by molar-refractivity contribution is 0.335. The van der Waals surface area contributed by atoms with E-state index in [0.29, 0.717) is 5.54 Å². The third-order valence-corrected chi connectivity index (χ3v) is 3.43. The zero-order chi connectivity index (χ0) is 8.44. The van der Waals surface area contributed by atoms with Gasteiger partial charge in [0, 0.05) is 11.6 Å². The van der Waals surface area contributed by atoms with Crippen LogP contribution in [0.25, 0.3) is 0 Å². The van der Waals surface area contributed by atoms with Gasteiger partial charge in [0.15, 0.2) is 0 Å². The quantitative estimate of drug-likeness (QED) is 0.663. The molecule has 1 atom stereocenters. The van der Waals surface area contributed by atoms with Gasteiger partial charge >= 0.3 is 0 Å². The summed E-state index contributed by atoms with van der Waals surface area (Å²) in [6.45, 7) is 1.24. The average Bonchev–Trinajstić information content (AvgIpc) is 2.88. The number of hydrogen-bond acceptors (Lipinski definition) is 2. The van der Waals surface area contributed by atoms with Crippen molar-refractivity contribution in [1.82, 2.24) is 10.6 Å². The smallest absolute Gasteiger partial charge is 0.0194 e. The standard InChI is InChI=1S/C10H20N2/c1-11-10(5-6-10)8-9-4-2-3-7-12-9/h9,11-12H,2-8H2,1H3. The Morgan fingerprint density at radius 3 is 2.75 bits per heavy atom. The Hall–Kier alpha value is -0.0800. The normalized spacial score (nSPS) is 33.2. The van der Waals surface area contributed by atoms with E-state index in [1.165, 1.54) is 45.1 Å². The van der Waals surface area contributed by atoms with E-state index in [1.807, 2.05) is 0 Å². The molecule has 2 nitrogen and oxygen atoms in total. The monoisotopic (exact) mass is 168 g/mol. The molecule has 0 bridgehead atoms. The Kier molecular flexibility index (Phi) is 2.37. The highest BCUT2D eigenvalue weighted by molar-refractivity contribution is 5.03. The van der Waals surface area contributed by atoms with Crippen molar-refractivity contribution in [1.29, 1.82) is 0 Å². The Bertz CT molecular complexity index is 146. The van der Waals surface area contributed by atoms with Gasteiger partial charge in [-0.2, -0.15) is 0 Å². The highest BCUT2D eigenvalue weighted by Crippen LogP contribution is 2.40. The largest absolute Gasteiger partial charge is 0.314 e. The van der Waals surface area contributed by atoms with Gasteiger partial charge < -0.3 is 10.6 Å². The molecule has 2 heteroatoms. The van der Waals surface area contributed by atoms with Crippen LogP contribution in [-0.4, -0.2) is 25.2 Å². The van der Waals surface area contributed by atoms with Crippen molar-refractivity contribution in [2.24, 2.45) is 0 Å². The van der Waals surface area contributed by atoms with Gasteiger partial charge in [-0.3, -0.25) is 0 Å². The summed E-state index contributed by atoms with van der Waals surface area (Å²) in [7, 11) is 2.11. The van der Waals surface area contributed by atoms with Crippen LogP contribution in [0.3, 0.4) is 0 Å². The van der Waals surface area contributed by atoms with E-state index >= 15 is 0 Å². The molecular formula is C10H20N2. The predicted molar refractivity (Wildman–Crippen MR) is 51.3 cm³/mol. The van der Waals surface area contributed by atoms with Gasteiger partial charge in [-0.15, -0.1) is 0 Å². The Balaban J connectivity index is 1.77. The summed E-state index contributed by atoms with van der Waals surface area (Å²) >= 11 is 0. The van der Waals surface area contributed by atoms with E-state index in [0.717, 1.165) is 6.04 Å². The average molecular weight is 168 g/mol. The highest BCUT2D eigenvalue weighted by atomic mass is 15.0. The first-order chi connectivity index (χ1) is 5.85. The van der Waals surface area contributed by atoms with Crippen LogP contribution in [0.1, 0.15) is 38.5 Å². The fourth-order valence-electron chi connectivity index (χ4n) is 2.28. The zero-order valence-corrected chi connectivity index (χ0v) is 8.03. The maximum atomic E-state index is 3.61. The number of piperidine rings is 1. The van der Waals surface area contributed by atoms with Crippen LogP contribution in [0.15, 0.2) is 0 Å². The molecule has 70 valence electrons. The number of rotatable bonds is 3. The number of hydrogen-bond donors (Lipinski definition) is 2. The van der Waals surface area contributed by atoms with E-state index in [1.54, 1.807) is 0 Å². The van der Waals surface area contributed by atoms with E-state index in [9.17, 15) is 0 Å². The summed E-state index contributed by atoms with van der Waals surface area (Å²) in [5, 5.41) is 7.07. The minimum Gasteiger partial charge on any atom is -0.314 e. The van der Waals surface area contributed by atoms with Crippen molar-refractivity contribution < 1.29 is 0 Å². The first-order valence-electron chi connectivity index (χ1n) is 5.27. The SMILES string of the molecule is CNC1(CC2CCCCN2)CC1. The molecule has 1 aliphatic heterocycles. The van der Waals surface area contributed by atoms with E-state index in [-0.39, 0.29) is 0 Å². The molecule has 1 aliphatic carbocycles. The van der Waals surface area contributed by atoms with Crippen LogP contribution in [-0.2, 0) is 0 Å². The molecule has 0 aromatic rings. The van der Waals surface area contributed by atoms with Gasteiger partial charge in [0.25, 0.3) is 0 Å². The lowest BCUT2D eigenvalue weighted by Crippen LogP contribution is -2.41. The summed E-state index contributed by atoms with van der Waals surface area (Å²) in [6.07, 6.45) is 8.33. The molecule has 0 aromatic carbocycles. The third kappa shape index (κ3) is 1.80. The molecule has 1 saturated heterocycles. The van der Waals surface area contributed by atoms with Gasteiger partial charge in [-0.1, -0.05) is 6.42 Å². The van der Waals surface area contributed by atoms with Crippen LogP contribution in [0.2, 0.25) is 0 Å². The molecule has 0 radical (unpaired) electrons. The molecule has 0 amide bonds. The van der Waals surface area contributed by atoms with Gasteiger partial charge in [-0.25, -0.2) is 0 Å².